The van der Waals surface area contributed by atoms with Crippen molar-refractivity contribution in [2.45, 2.75) is 39.3 Å². The lowest BCUT2D eigenvalue weighted by atomic mass is 10.1. The topological polar surface area (TPSA) is 78.1 Å². The van der Waals surface area contributed by atoms with Gasteiger partial charge >= 0.3 is 0 Å². The van der Waals surface area contributed by atoms with E-state index >= 15 is 0 Å². The summed E-state index contributed by atoms with van der Waals surface area (Å²) in [4.78, 5) is 34.7. The minimum Gasteiger partial charge on any atom is -0.348 e. The number of nitrogens with one attached hydrogen (secondary N) is 2. The molecule has 3 aromatic rings. The van der Waals surface area contributed by atoms with Crippen molar-refractivity contribution in [1.29, 1.82) is 0 Å². The number of fused-ring (bicyclic) bond motifs is 1. The number of hydrogen-bond acceptors (Lipinski definition) is 4. The Labute approximate surface area is 176 Å². The van der Waals surface area contributed by atoms with Gasteiger partial charge in [0.25, 0.3) is 11.5 Å². The number of H-pyrrole nitrogens is 1. The van der Waals surface area contributed by atoms with Crippen LogP contribution in [0.3, 0.4) is 0 Å². The zero-order chi connectivity index (χ0) is 20.9. The first-order valence-corrected chi connectivity index (χ1v) is 10.7. The van der Waals surface area contributed by atoms with Crippen LogP contribution in [0.5, 0.6) is 0 Å². The van der Waals surface area contributed by atoms with Crippen LogP contribution in [0.2, 0.25) is 0 Å². The van der Waals surface area contributed by atoms with Crippen LogP contribution in [0.1, 0.15) is 47.8 Å². The summed E-state index contributed by atoms with van der Waals surface area (Å²) in [6, 6.07) is 13.3. The van der Waals surface area contributed by atoms with Crippen LogP contribution < -0.4 is 10.9 Å². The average Bonchev–Trinajstić information content (AvgIpc) is 3.56. The predicted octanol–water partition coefficient (Wildman–Crippen LogP) is 3.48. The standard InChI is InChI=1S/C24H28N4O2/c1-2-11-28(15-17-7-8-17)16-20-9-10-21(24(30)27-20)23(29)26-14-18-12-19-5-3-4-6-22(19)25-13-18/h3-6,9-10,12-13,17H,2,7-8,11,14-16H2,1H3,(H,26,29)(H,27,30). The fourth-order valence-corrected chi connectivity index (χ4v) is 3.73. The number of pyridine rings is 2. The Balaban J connectivity index is 1.39. The third kappa shape index (κ3) is 5.13. The number of carbonyl (C=O) groups excluding carboxylic acids is 1. The molecular weight excluding hydrogens is 376 g/mol. The highest BCUT2D eigenvalue weighted by Gasteiger charge is 2.24. The number of hydrogen-bond donors (Lipinski definition) is 2. The van der Waals surface area contributed by atoms with Crippen LogP contribution in [-0.4, -0.2) is 33.9 Å². The van der Waals surface area contributed by atoms with Crippen molar-refractivity contribution >= 4 is 16.8 Å². The summed E-state index contributed by atoms with van der Waals surface area (Å²) in [6.07, 6.45) is 5.45. The molecule has 0 unspecified atom stereocenters. The SMILES string of the molecule is CCCN(Cc1ccc(C(=O)NCc2cnc3ccccc3c2)c(=O)[nH]1)CC1CC1. The summed E-state index contributed by atoms with van der Waals surface area (Å²) in [6.45, 7) is 5.30. The first-order valence-electron chi connectivity index (χ1n) is 10.7. The van der Waals surface area contributed by atoms with Gasteiger partial charge in [0.2, 0.25) is 0 Å². The molecule has 4 rings (SSSR count). The number of amides is 1. The maximum Gasteiger partial charge on any atom is 0.261 e. The molecule has 30 heavy (non-hydrogen) atoms. The fourth-order valence-electron chi connectivity index (χ4n) is 3.73. The zero-order valence-corrected chi connectivity index (χ0v) is 17.4. The molecule has 0 bridgehead atoms. The molecule has 0 saturated heterocycles. The van der Waals surface area contributed by atoms with E-state index in [1.807, 2.05) is 36.4 Å². The summed E-state index contributed by atoms with van der Waals surface area (Å²) >= 11 is 0. The van der Waals surface area contributed by atoms with E-state index in [9.17, 15) is 9.59 Å². The number of carbonyl (C=O) groups is 1. The van der Waals surface area contributed by atoms with Crippen LogP contribution in [0.4, 0.5) is 0 Å². The van der Waals surface area contributed by atoms with E-state index in [0.717, 1.165) is 47.6 Å². The first-order chi connectivity index (χ1) is 14.6. The van der Waals surface area contributed by atoms with E-state index in [4.69, 9.17) is 0 Å². The molecular formula is C24H28N4O2. The molecule has 2 heterocycles. The number of para-hydroxylation sites is 1. The van der Waals surface area contributed by atoms with E-state index < -0.39 is 0 Å². The van der Waals surface area contributed by atoms with Crippen LogP contribution in [0, 0.1) is 5.92 Å². The third-order valence-corrected chi connectivity index (χ3v) is 5.46. The summed E-state index contributed by atoms with van der Waals surface area (Å²) in [7, 11) is 0. The van der Waals surface area contributed by atoms with Gasteiger partial charge in [-0.2, -0.15) is 0 Å². The normalized spacial score (nSPS) is 13.7. The molecule has 0 aliphatic heterocycles. The summed E-state index contributed by atoms with van der Waals surface area (Å²) < 4.78 is 0. The lowest BCUT2D eigenvalue weighted by Gasteiger charge is -2.21. The van der Waals surface area contributed by atoms with Gasteiger partial charge in [0.1, 0.15) is 5.56 Å². The number of nitrogens with zero attached hydrogens (tertiary/aromatic N) is 2. The fraction of sp³-hybridized carbons (Fsp3) is 0.375. The monoisotopic (exact) mass is 404 g/mol. The molecule has 2 N–H and O–H groups in total. The van der Waals surface area contributed by atoms with Gasteiger partial charge < -0.3 is 10.3 Å². The molecule has 2 aromatic heterocycles. The molecule has 1 amide bonds. The Morgan fingerprint density at radius 2 is 2.07 bits per heavy atom. The van der Waals surface area contributed by atoms with E-state index in [2.05, 4.69) is 27.1 Å². The van der Waals surface area contributed by atoms with Gasteiger partial charge in [-0.15, -0.1) is 0 Å². The molecule has 1 aliphatic rings. The van der Waals surface area contributed by atoms with Crippen LogP contribution >= 0.6 is 0 Å². The highest BCUT2D eigenvalue weighted by atomic mass is 16.2. The lowest BCUT2D eigenvalue weighted by molar-refractivity contribution is 0.0949. The summed E-state index contributed by atoms with van der Waals surface area (Å²) in [5.41, 5.74) is 2.45. The Kier molecular flexibility index (Phi) is 6.23. The second-order valence-corrected chi connectivity index (χ2v) is 8.12. The van der Waals surface area contributed by atoms with Gasteiger partial charge in [-0.3, -0.25) is 19.5 Å². The zero-order valence-electron chi connectivity index (χ0n) is 17.4. The quantitative estimate of drug-likeness (QED) is 0.572. The number of aromatic amines is 1. The van der Waals surface area contributed by atoms with E-state index in [-0.39, 0.29) is 17.0 Å². The van der Waals surface area contributed by atoms with E-state index in [1.54, 1.807) is 12.3 Å². The number of rotatable bonds is 9. The summed E-state index contributed by atoms with van der Waals surface area (Å²) in [5, 5.41) is 3.85. The Morgan fingerprint density at radius 1 is 1.23 bits per heavy atom. The molecule has 156 valence electrons. The summed E-state index contributed by atoms with van der Waals surface area (Å²) in [5.74, 6) is 0.428. The van der Waals surface area contributed by atoms with Crippen molar-refractivity contribution in [3.8, 4) is 0 Å². The smallest absolute Gasteiger partial charge is 0.261 e. The van der Waals surface area contributed by atoms with E-state index in [1.165, 1.54) is 12.8 Å². The molecule has 1 fully saturated rings. The van der Waals surface area contributed by atoms with Gasteiger partial charge in [0.15, 0.2) is 0 Å². The molecule has 6 nitrogen and oxygen atoms in total. The van der Waals surface area contributed by atoms with E-state index in [0.29, 0.717) is 13.1 Å². The van der Waals surface area contributed by atoms with Crippen LogP contribution in [0.25, 0.3) is 10.9 Å². The van der Waals surface area contributed by atoms with Crippen molar-refractivity contribution in [3.05, 3.63) is 75.8 Å². The second-order valence-electron chi connectivity index (χ2n) is 8.12. The highest BCUT2D eigenvalue weighted by Crippen LogP contribution is 2.30. The maximum absolute atomic E-state index is 12.5. The Bertz CT molecular complexity index is 1090. The molecule has 0 radical (unpaired) electrons. The second kappa shape index (κ2) is 9.22. The third-order valence-electron chi connectivity index (χ3n) is 5.46. The Hall–Kier alpha value is -2.99. The molecule has 6 heteroatoms. The largest absolute Gasteiger partial charge is 0.348 e. The van der Waals surface area contributed by atoms with Crippen molar-refractivity contribution in [1.82, 2.24) is 20.2 Å². The first kappa shape index (κ1) is 20.3. The Morgan fingerprint density at radius 3 is 2.83 bits per heavy atom. The van der Waals surface area contributed by atoms with Crippen LogP contribution in [-0.2, 0) is 13.1 Å². The molecule has 0 spiro atoms. The molecule has 1 saturated carbocycles. The van der Waals surface area contributed by atoms with Crippen molar-refractivity contribution < 1.29 is 4.79 Å². The van der Waals surface area contributed by atoms with Gasteiger partial charge in [-0.05, 0) is 61.6 Å². The lowest BCUT2D eigenvalue weighted by Crippen LogP contribution is -2.31. The van der Waals surface area contributed by atoms with Gasteiger partial charge in [-0.1, -0.05) is 25.1 Å². The van der Waals surface area contributed by atoms with Gasteiger partial charge in [0.05, 0.1) is 5.52 Å². The minimum atomic E-state index is -0.376. The van der Waals surface area contributed by atoms with Gasteiger partial charge in [0, 0.05) is 36.9 Å². The van der Waals surface area contributed by atoms with Crippen molar-refractivity contribution in [2.75, 3.05) is 13.1 Å². The highest BCUT2D eigenvalue weighted by molar-refractivity contribution is 5.93. The van der Waals surface area contributed by atoms with Crippen molar-refractivity contribution in [2.24, 2.45) is 5.92 Å². The number of aromatic nitrogens is 2. The predicted molar refractivity (Wildman–Crippen MR) is 118 cm³/mol. The van der Waals surface area contributed by atoms with Gasteiger partial charge in [-0.25, -0.2) is 0 Å². The molecule has 1 aromatic carbocycles. The number of benzene rings is 1. The molecule has 0 atom stereocenters. The van der Waals surface area contributed by atoms with Crippen LogP contribution in [0.15, 0.2) is 53.5 Å². The minimum absolute atomic E-state index is 0.136. The maximum atomic E-state index is 12.5. The van der Waals surface area contributed by atoms with Crippen molar-refractivity contribution in [3.63, 3.8) is 0 Å². The average molecular weight is 405 g/mol. The molecule has 1 aliphatic carbocycles.